The lowest BCUT2D eigenvalue weighted by Gasteiger charge is -2.12. The minimum Gasteiger partial charge on any atom is -0.279 e. The molecule has 0 aliphatic carbocycles. The molecule has 0 fully saturated rings. The number of alkyl halides is 1. The number of rotatable bonds is 4. The Bertz CT molecular complexity index is 718. The quantitative estimate of drug-likeness (QED) is 0.859. The second-order valence-corrected chi connectivity index (χ2v) is 6.35. The Labute approximate surface area is 126 Å². The maximum Gasteiger partial charge on any atom is 0.261 e. The number of hydrogen-bond donors (Lipinski definition) is 1. The molecular weight excluding hydrogens is 324 g/mol. The molecule has 2 aromatic rings. The van der Waals surface area contributed by atoms with Crippen molar-refractivity contribution in [2.45, 2.75) is 10.8 Å². The fraction of sp³-hybridized carbons (Fsp3) is 0.0769. The second kappa shape index (κ2) is 5.99. The maximum absolute atomic E-state index is 13.5. The van der Waals surface area contributed by atoms with E-state index in [1.165, 1.54) is 42.5 Å². The second-order valence-electron chi connectivity index (χ2n) is 3.96. The highest BCUT2D eigenvalue weighted by atomic mass is 35.5. The molecule has 0 unspecified atom stereocenters. The average Bonchev–Trinajstić information content (AvgIpc) is 2.39. The van der Waals surface area contributed by atoms with Crippen LogP contribution in [0.25, 0.3) is 0 Å². The minimum atomic E-state index is -3.81. The van der Waals surface area contributed by atoms with Crippen molar-refractivity contribution in [2.75, 3.05) is 4.72 Å². The third-order valence-electron chi connectivity index (χ3n) is 2.62. The molecule has 0 spiro atoms. The van der Waals surface area contributed by atoms with Crippen molar-refractivity contribution in [3.63, 3.8) is 0 Å². The summed E-state index contributed by atoms with van der Waals surface area (Å²) in [7, 11) is -3.81. The van der Waals surface area contributed by atoms with Gasteiger partial charge in [-0.2, -0.15) is 0 Å². The van der Waals surface area contributed by atoms with Crippen LogP contribution in [-0.4, -0.2) is 8.42 Å². The van der Waals surface area contributed by atoms with Gasteiger partial charge in [-0.15, -0.1) is 11.6 Å². The van der Waals surface area contributed by atoms with E-state index in [1.807, 2.05) is 0 Å². The van der Waals surface area contributed by atoms with Crippen LogP contribution in [-0.2, 0) is 15.9 Å². The van der Waals surface area contributed by atoms with E-state index in [-0.39, 0.29) is 22.0 Å². The van der Waals surface area contributed by atoms with E-state index < -0.39 is 15.8 Å². The zero-order valence-corrected chi connectivity index (χ0v) is 12.4. The summed E-state index contributed by atoms with van der Waals surface area (Å²) in [5, 5.41) is 0.427. The Kier molecular flexibility index (Phi) is 4.52. The van der Waals surface area contributed by atoms with Crippen molar-refractivity contribution in [1.29, 1.82) is 0 Å². The monoisotopic (exact) mass is 333 g/mol. The molecule has 0 aliphatic heterocycles. The SMILES string of the molecule is O=S(=O)(Nc1cccc(F)c1CCl)c1ccc(Cl)cc1. The van der Waals surface area contributed by atoms with Gasteiger partial charge < -0.3 is 0 Å². The normalized spacial score (nSPS) is 11.3. The van der Waals surface area contributed by atoms with Gasteiger partial charge in [0.25, 0.3) is 10.0 Å². The molecule has 0 heterocycles. The van der Waals surface area contributed by atoms with Crippen LogP contribution in [0.3, 0.4) is 0 Å². The van der Waals surface area contributed by atoms with Gasteiger partial charge >= 0.3 is 0 Å². The molecule has 20 heavy (non-hydrogen) atoms. The molecule has 0 saturated carbocycles. The summed E-state index contributed by atoms with van der Waals surface area (Å²) in [6.07, 6.45) is 0. The standard InChI is InChI=1S/C13H10Cl2FNO2S/c14-8-11-12(16)2-1-3-13(11)17-20(18,19)10-6-4-9(15)5-7-10/h1-7,17H,8H2. The topological polar surface area (TPSA) is 46.2 Å². The number of halogens is 3. The maximum atomic E-state index is 13.5. The van der Waals surface area contributed by atoms with Crippen LogP contribution in [0.5, 0.6) is 0 Å². The van der Waals surface area contributed by atoms with Crippen molar-refractivity contribution in [3.8, 4) is 0 Å². The number of anilines is 1. The summed E-state index contributed by atoms with van der Waals surface area (Å²) in [4.78, 5) is 0.0340. The summed E-state index contributed by atoms with van der Waals surface area (Å²) < 4.78 is 40.2. The lowest BCUT2D eigenvalue weighted by molar-refractivity contribution is 0.600. The Balaban J connectivity index is 2.38. The first-order valence-electron chi connectivity index (χ1n) is 5.56. The fourth-order valence-corrected chi connectivity index (χ4v) is 3.10. The highest BCUT2D eigenvalue weighted by molar-refractivity contribution is 7.92. The first kappa shape index (κ1) is 15.1. The number of sulfonamides is 1. The molecule has 2 aromatic carbocycles. The average molecular weight is 334 g/mol. The van der Waals surface area contributed by atoms with E-state index in [4.69, 9.17) is 23.2 Å². The predicted octanol–water partition coefficient (Wildman–Crippen LogP) is 4.02. The predicted molar refractivity (Wildman–Crippen MR) is 78.2 cm³/mol. The zero-order chi connectivity index (χ0) is 14.8. The van der Waals surface area contributed by atoms with E-state index in [0.29, 0.717) is 5.02 Å². The molecule has 0 saturated heterocycles. The number of nitrogens with one attached hydrogen (secondary N) is 1. The molecule has 3 nitrogen and oxygen atoms in total. The lowest BCUT2D eigenvalue weighted by atomic mass is 10.2. The van der Waals surface area contributed by atoms with Crippen molar-refractivity contribution >= 4 is 38.9 Å². The Hall–Kier alpha value is -1.30. The third-order valence-corrected chi connectivity index (χ3v) is 4.52. The Morgan fingerprint density at radius 1 is 1.10 bits per heavy atom. The molecule has 0 atom stereocenters. The minimum absolute atomic E-state index is 0.0340. The van der Waals surface area contributed by atoms with Gasteiger partial charge in [0.1, 0.15) is 5.82 Å². The van der Waals surface area contributed by atoms with E-state index in [1.54, 1.807) is 0 Å². The fourth-order valence-electron chi connectivity index (χ4n) is 1.61. The van der Waals surface area contributed by atoms with Crippen LogP contribution in [0.4, 0.5) is 10.1 Å². The van der Waals surface area contributed by atoms with Gasteiger partial charge in [-0.25, -0.2) is 12.8 Å². The van der Waals surface area contributed by atoms with Crippen LogP contribution >= 0.6 is 23.2 Å². The highest BCUT2D eigenvalue weighted by Gasteiger charge is 2.17. The molecule has 7 heteroatoms. The Morgan fingerprint density at radius 2 is 1.75 bits per heavy atom. The summed E-state index contributed by atoms with van der Waals surface area (Å²) in [6.45, 7) is 0. The molecular formula is C13H10Cl2FNO2S. The smallest absolute Gasteiger partial charge is 0.261 e. The van der Waals surface area contributed by atoms with Crippen molar-refractivity contribution in [1.82, 2.24) is 0 Å². The summed E-state index contributed by atoms with van der Waals surface area (Å²) in [5.74, 6) is -0.693. The Morgan fingerprint density at radius 3 is 2.35 bits per heavy atom. The molecule has 1 N–H and O–H groups in total. The molecule has 106 valence electrons. The first-order valence-corrected chi connectivity index (χ1v) is 7.95. The first-order chi connectivity index (χ1) is 9.44. The van der Waals surface area contributed by atoms with Crippen molar-refractivity contribution in [2.24, 2.45) is 0 Å². The molecule has 0 radical (unpaired) electrons. The van der Waals surface area contributed by atoms with Gasteiger partial charge in [0, 0.05) is 10.6 Å². The summed E-state index contributed by atoms with van der Waals surface area (Å²) in [5.41, 5.74) is 0.224. The van der Waals surface area contributed by atoms with Crippen LogP contribution in [0, 0.1) is 5.82 Å². The van der Waals surface area contributed by atoms with E-state index in [9.17, 15) is 12.8 Å². The van der Waals surface area contributed by atoms with Crippen LogP contribution in [0.2, 0.25) is 5.02 Å². The van der Waals surface area contributed by atoms with E-state index >= 15 is 0 Å². The van der Waals surface area contributed by atoms with E-state index in [0.717, 1.165) is 0 Å². The molecule has 2 rings (SSSR count). The van der Waals surface area contributed by atoms with Crippen molar-refractivity contribution in [3.05, 3.63) is 58.9 Å². The lowest BCUT2D eigenvalue weighted by Crippen LogP contribution is -2.14. The largest absolute Gasteiger partial charge is 0.279 e. The van der Waals surface area contributed by atoms with Crippen LogP contribution in [0.15, 0.2) is 47.4 Å². The third kappa shape index (κ3) is 3.23. The van der Waals surface area contributed by atoms with Gasteiger partial charge in [0.05, 0.1) is 16.5 Å². The molecule has 0 bridgehead atoms. The van der Waals surface area contributed by atoms with Gasteiger partial charge in [0.15, 0.2) is 0 Å². The number of hydrogen-bond acceptors (Lipinski definition) is 2. The zero-order valence-electron chi connectivity index (χ0n) is 10.1. The summed E-state index contributed by atoms with van der Waals surface area (Å²) >= 11 is 11.3. The molecule has 0 amide bonds. The molecule has 0 aliphatic rings. The highest BCUT2D eigenvalue weighted by Crippen LogP contribution is 2.24. The van der Waals surface area contributed by atoms with E-state index in [2.05, 4.69) is 4.72 Å². The van der Waals surface area contributed by atoms with Crippen LogP contribution < -0.4 is 4.72 Å². The summed E-state index contributed by atoms with van der Waals surface area (Å²) in [6, 6.07) is 9.74. The van der Waals surface area contributed by atoms with Gasteiger partial charge in [-0.05, 0) is 36.4 Å². The molecule has 0 aromatic heterocycles. The van der Waals surface area contributed by atoms with Gasteiger partial charge in [0.2, 0.25) is 0 Å². The van der Waals surface area contributed by atoms with Crippen molar-refractivity contribution < 1.29 is 12.8 Å². The van der Waals surface area contributed by atoms with Crippen LogP contribution in [0.1, 0.15) is 5.56 Å². The van der Waals surface area contributed by atoms with Gasteiger partial charge in [-0.1, -0.05) is 17.7 Å². The van der Waals surface area contributed by atoms with Gasteiger partial charge in [-0.3, -0.25) is 4.72 Å². The number of benzene rings is 2.